The van der Waals surface area contributed by atoms with Crippen molar-refractivity contribution >= 4 is 21.8 Å². The molecule has 1 rings (SSSR count). The van der Waals surface area contributed by atoms with Crippen LogP contribution < -0.4 is 0 Å². The lowest BCUT2D eigenvalue weighted by atomic mass is 10.1. The fourth-order valence-corrected chi connectivity index (χ4v) is 2.11. The van der Waals surface area contributed by atoms with E-state index in [0.29, 0.717) is 6.42 Å². The summed E-state index contributed by atoms with van der Waals surface area (Å²) in [5, 5.41) is 0.970. The van der Waals surface area contributed by atoms with E-state index in [1.54, 1.807) is 0 Å². The second kappa shape index (κ2) is 7.49. The van der Waals surface area contributed by atoms with Crippen LogP contribution in [-0.2, 0) is 4.79 Å². The number of nitrogens with zero attached hydrogens (tertiary/aromatic N) is 1. The van der Waals surface area contributed by atoms with Crippen LogP contribution in [0.25, 0.3) is 0 Å². The Balaban J connectivity index is 2.51. The molecule has 1 aromatic rings. The lowest BCUT2D eigenvalue weighted by Crippen LogP contribution is -2.29. The summed E-state index contributed by atoms with van der Waals surface area (Å²) in [6.45, 7) is 2.07. The number of carbonyl (C=O) groups excluding carboxylic acids is 1. The summed E-state index contributed by atoms with van der Waals surface area (Å²) in [6, 6.07) is 10.3. The van der Waals surface area contributed by atoms with Crippen molar-refractivity contribution in [2.24, 2.45) is 0 Å². The maximum Gasteiger partial charge on any atom is 0.222 e. The molecular formula is C14H20BrNO. The number of halogens is 1. The Morgan fingerprint density at radius 2 is 1.94 bits per heavy atom. The molecule has 0 N–H and O–H groups in total. The minimum atomic E-state index is 0.146. The average molecular weight is 298 g/mol. The van der Waals surface area contributed by atoms with Gasteiger partial charge in [0.25, 0.3) is 0 Å². The minimum absolute atomic E-state index is 0.146. The van der Waals surface area contributed by atoms with E-state index in [4.69, 9.17) is 0 Å². The molecule has 0 heterocycles. The number of hydrogen-bond acceptors (Lipinski definition) is 1. The van der Waals surface area contributed by atoms with Gasteiger partial charge in [-0.3, -0.25) is 4.79 Å². The molecule has 0 saturated carbocycles. The van der Waals surface area contributed by atoms with Gasteiger partial charge in [-0.15, -0.1) is 0 Å². The number of alkyl halides is 1. The second-order valence-corrected chi connectivity index (χ2v) is 5.03. The molecule has 0 saturated heterocycles. The molecule has 0 aliphatic heterocycles. The predicted molar refractivity (Wildman–Crippen MR) is 75.3 cm³/mol. The van der Waals surface area contributed by atoms with Crippen molar-refractivity contribution in [2.75, 3.05) is 12.4 Å². The molecule has 17 heavy (non-hydrogen) atoms. The third kappa shape index (κ3) is 4.50. The second-order valence-electron chi connectivity index (χ2n) is 4.24. The summed E-state index contributed by atoms with van der Waals surface area (Å²) in [5.41, 5.74) is 1.18. The average Bonchev–Trinajstić information content (AvgIpc) is 2.38. The number of hydrogen-bond donors (Lipinski definition) is 0. The molecule has 1 atom stereocenters. The van der Waals surface area contributed by atoms with Gasteiger partial charge in [0.15, 0.2) is 0 Å². The van der Waals surface area contributed by atoms with Crippen LogP contribution in [0, 0.1) is 0 Å². The van der Waals surface area contributed by atoms with E-state index >= 15 is 0 Å². The molecule has 0 bridgehead atoms. The van der Waals surface area contributed by atoms with E-state index in [1.165, 1.54) is 5.56 Å². The fraction of sp³-hybridized carbons (Fsp3) is 0.500. The van der Waals surface area contributed by atoms with Gasteiger partial charge in [0.1, 0.15) is 0 Å². The number of amides is 1. The Kier molecular flexibility index (Phi) is 6.27. The topological polar surface area (TPSA) is 20.3 Å². The van der Waals surface area contributed by atoms with E-state index in [0.717, 1.165) is 18.2 Å². The first-order valence-electron chi connectivity index (χ1n) is 6.03. The molecule has 0 radical (unpaired) electrons. The SMILES string of the molecule is CC(c1ccccc1)N(C)C(=O)CCCCBr. The first-order chi connectivity index (χ1) is 8.16. The minimum Gasteiger partial charge on any atom is -0.339 e. The number of benzene rings is 1. The van der Waals surface area contributed by atoms with Crippen molar-refractivity contribution in [3.8, 4) is 0 Å². The van der Waals surface area contributed by atoms with E-state index in [1.807, 2.05) is 30.1 Å². The highest BCUT2D eigenvalue weighted by Gasteiger charge is 2.16. The van der Waals surface area contributed by atoms with Gasteiger partial charge in [-0.05, 0) is 25.3 Å². The van der Waals surface area contributed by atoms with Gasteiger partial charge in [0.05, 0.1) is 6.04 Å². The third-order valence-corrected chi connectivity index (χ3v) is 3.59. The van der Waals surface area contributed by atoms with E-state index in [9.17, 15) is 4.79 Å². The standard InChI is InChI=1S/C14H20BrNO/c1-12(13-8-4-3-5-9-13)16(2)14(17)10-6-7-11-15/h3-5,8-9,12H,6-7,10-11H2,1-2H3. The van der Waals surface area contributed by atoms with E-state index < -0.39 is 0 Å². The van der Waals surface area contributed by atoms with Crippen molar-refractivity contribution in [1.29, 1.82) is 0 Å². The molecule has 0 spiro atoms. The quantitative estimate of drug-likeness (QED) is 0.578. The van der Waals surface area contributed by atoms with Crippen molar-refractivity contribution in [3.63, 3.8) is 0 Å². The van der Waals surface area contributed by atoms with Gasteiger partial charge < -0.3 is 4.90 Å². The molecular weight excluding hydrogens is 278 g/mol. The van der Waals surface area contributed by atoms with Crippen LogP contribution >= 0.6 is 15.9 Å². The van der Waals surface area contributed by atoms with Crippen molar-refractivity contribution in [2.45, 2.75) is 32.2 Å². The van der Waals surface area contributed by atoms with Gasteiger partial charge in [-0.2, -0.15) is 0 Å². The van der Waals surface area contributed by atoms with Gasteiger partial charge in [-0.1, -0.05) is 46.3 Å². The molecule has 1 amide bonds. The van der Waals surface area contributed by atoms with Gasteiger partial charge in [-0.25, -0.2) is 0 Å². The monoisotopic (exact) mass is 297 g/mol. The first kappa shape index (κ1) is 14.2. The van der Waals surface area contributed by atoms with Crippen LogP contribution in [0.15, 0.2) is 30.3 Å². The summed E-state index contributed by atoms with van der Waals surface area (Å²) in [7, 11) is 1.88. The molecule has 0 aromatic heterocycles. The summed E-state index contributed by atoms with van der Waals surface area (Å²) < 4.78 is 0. The summed E-state index contributed by atoms with van der Waals surface area (Å²) in [5.74, 6) is 0.224. The lowest BCUT2D eigenvalue weighted by Gasteiger charge is -2.25. The Labute approximate surface area is 112 Å². The lowest BCUT2D eigenvalue weighted by molar-refractivity contribution is -0.131. The third-order valence-electron chi connectivity index (χ3n) is 3.03. The largest absolute Gasteiger partial charge is 0.339 e. The van der Waals surface area contributed by atoms with Crippen LogP contribution in [0.2, 0.25) is 0 Å². The van der Waals surface area contributed by atoms with Crippen molar-refractivity contribution in [1.82, 2.24) is 4.90 Å². The Bertz CT molecular complexity index is 339. The normalized spacial score (nSPS) is 12.2. The maximum atomic E-state index is 11.9. The van der Waals surface area contributed by atoms with Crippen LogP contribution in [0.3, 0.4) is 0 Å². The Morgan fingerprint density at radius 1 is 1.29 bits per heavy atom. The van der Waals surface area contributed by atoms with Crippen LogP contribution in [0.5, 0.6) is 0 Å². The Morgan fingerprint density at radius 3 is 2.53 bits per heavy atom. The molecule has 94 valence electrons. The molecule has 0 aliphatic rings. The van der Waals surface area contributed by atoms with Crippen LogP contribution in [0.4, 0.5) is 0 Å². The number of rotatable bonds is 6. The molecule has 1 aromatic carbocycles. The molecule has 1 unspecified atom stereocenters. The molecule has 3 heteroatoms. The van der Waals surface area contributed by atoms with Gasteiger partial charge >= 0.3 is 0 Å². The number of unbranched alkanes of at least 4 members (excludes halogenated alkanes) is 1. The highest BCUT2D eigenvalue weighted by molar-refractivity contribution is 9.09. The summed E-state index contributed by atoms with van der Waals surface area (Å²) in [6.07, 6.45) is 2.65. The zero-order valence-electron chi connectivity index (χ0n) is 10.5. The Hall–Kier alpha value is -0.830. The van der Waals surface area contributed by atoms with Crippen LogP contribution in [-0.4, -0.2) is 23.2 Å². The maximum absolute atomic E-state index is 11.9. The predicted octanol–water partition coefficient (Wildman–Crippen LogP) is 3.77. The van der Waals surface area contributed by atoms with Crippen LogP contribution in [0.1, 0.15) is 37.8 Å². The smallest absolute Gasteiger partial charge is 0.222 e. The molecule has 0 fully saturated rings. The van der Waals surface area contributed by atoms with E-state index in [-0.39, 0.29) is 11.9 Å². The first-order valence-corrected chi connectivity index (χ1v) is 7.15. The summed E-state index contributed by atoms with van der Waals surface area (Å²) in [4.78, 5) is 13.8. The highest BCUT2D eigenvalue weighted by atomic mass is 79.9. The number of carbonyl (C=O) groups is 1. The fourth-order valence-electron chi connectivity index (χ4n) is 1.72. The van der Waals surface area contributed by atoms with Crippen molar-refractivity contribution in [3.05, 3.63) is 35.9 Å². The van der Waals surface area contributed by atoms with Gasteiger partial charge in [0, 0.05) is 18.8 Å². The van der Waals surface area contributed by atoms with Gasteiger partial charge in [0.2, 0.25) is 5.91 Å². The highest BCUT2D eigenvalue weighted by Crippen LogP contribution is 2.19. The summed E-state index contributed by atoms with van der Waals surface area (Å²) >= 11 is 3.38. The molecule has 0 aliphatic carbocycles. The molecule has 2 nitrogen and oxygen atoms in total. The van der Waals surface area contributed by atoms with Crippen molar-refractivity contribution < 1.29 is 4.79 Å². The zero-order valence-corrected chi connectivity index (χ0v) is 12.1. The zero-order chi connectivity index (χ0) is 12.7. The van der Waals surface area contributed by atoms with E-state index in [2.05, 4.69) is 35.0 Å².